The van der Waals surface area contributed by atoms with Crippen LogP contribution in [0.5, 0.6) is 5.88 Å². The Morgan fingerprint density at radius 3 is 2.69 bits per heavy atom. The van der Waals surface area contributed by atoms with E-state index < -0.39 is 12.3 Å². The highest BCUT2D eigenvalue weighted by atomic mass is 16.8. The summed E-state index contributed by atoms with van der Waals surface area (Å²) in [5.74, 6) is -0.0197. The minimum atomic E-state index is -1.72. The smallest absolute Gasteiger partial charge is 0.449 e. The molecular weight excluding hydrogens is 178 g/mol. The van der Waals surface area contributed by atoms with Gasteiger partial charge in [0.2, 0.25) is 5.88 Å². The van der Waals surface area contributed by atoms with E-state index in [-0.39, 0.29) is 5.88 Å². The predicted octanol–water partition coefficient (Wildman–Crippen LogP) is 1.27. The molecule has 1 aromatic heterocycles. The van der Waals surface area contributed by atoms with Crippen LogP contribution in [0, 0.1) is 0 Å². The molecule has 0 radical (unpaired) electrons. The number of hydrogen-bond acceptors (Lipinski definition) is 5. The van der Waals surface area contributed by atoms with Crippen LogP contribution in [0.3, 0.4) is 0 Å². The van der Waals surface area contributed by atoms with Crippen LogP contribution in [0.4, 0.5) is 9.59 Å². The molecule has 0 atom stereocenters. The van der Waals surface area contributed by atoms with Gasteiger partial charge in [-0.15, -0.1) is 0 Å². The van der Waals surface area contributed by atoms with Gasteiger partial charge in [-0.05, 0) is 6.07 Å². The fourth-order valence-corrected chi connectivity index (χ4v) is 0.585. The Morgan fingerprint density at radius 1 is 1.38 bits per heavy atom. The van der Waals surface area contributed by atoms with E-state index in [1.807, 2.05) is 0 Å². The van der Waals surface area contributed by atoms with Crippen molar-refractivity contribution in [3.8, 4) is 5.88 Å². The second kappa shape index (κ2) is 4.05. The molecule has 13 heavy (non-hydrogen) atoms. The van der Waals surface area contributed by atoms with Gasteiger partial charge in [-0.25, -0.2) is 14.6 Å². The number of nitrogens with zero attached hydrogens (tertiary/aromatic N) is 1. The molecule has 0 fully saturated rings. The molecule has 0 aliphatic rings. The van der Waals surface area contributed by atoms with E-state index in [4.69, 9.17) is 5.11 Å². The first kappa shape index (κ1) is 8.98. The first-order valence-corrected chi connectivity index (χ1v) is 3.22. The molecule has 0 saturated heterocycles. The number of rotatable bonds is 1. The molecule has 0 unspecified atom stereocenters. The Balaban J connectivity index is 2.50. The average molecular weight is 183 g/mol. The lowest BCUT2D eigenvalue weighted by atomic mass is 10.5. The highest BCUT2D eigenvalue weighted by Gasteiger charge is 2.10. The number of pyridine rings is 1. The van der Waals surface area contributed by atoms with E-state index >= 15 is 0 Å². The van der Waals surface area contributed by atoms with E-state index in [1.165, 1.54) is 12.3 Å². The van der Waals surface area contributed by atoms with Crippen LogP contribution >= 0.6 is 0 Å². The van der Waals surface area contributed by atoms with Gasteiger partial charge in [0.25, 0.3) is 0 Å². The van der Waals surface area contributed by atoms with Crippen molar-refractivity contribution in [1.29, 1.82) is 0 Å². The Bertz CT molecular complexity index is 310. The predicted molar refractivity (Wildman–Crippen MR) is 39.4 cm³/mol. The molecule has 1 heterocycles. The van der Waals surface area contributed by atoms with E-state index in [1.54, 1.807) is 12.1 Å². The highest BCUT2D eigenvalue weighted by molar-refractivity contribution is 5.76. The van der Waals surface area contributed by atoms with Crippen LogP contribution < -0.4 is 4.74 Å². The van der Waals surface area contributed by atoms with Gasteiger partial charge in [-0.3, -0.25) is 0 Å². The van der Waals surface area contributed by atoms with Crippen LogP contribution in [0.15, 0.2) is 24.4 Å². The SMILES string of the molecule is O=C(O)OC(=O)Oc1ccccn1. The summed E-state index contributed by atoms with van der Waals surface area (Å²) in [4.78, 5) is 24.0. The molecule has 68 valence electrons. The van der Waals surface area contributed by atoms with Gasteiger partial charge < -0.3 is 14.6 Å². The minimum Gasteiger partial charge on any atom is -0.449 e. The summed E-state index contributed by atoms with van der Waals surface area (Å²) in [6.07, 6.45) is -1.66. The molecule has 0 aliphatic heterocycles. The third-order valence-electron chi connectivity index (χ3n) is 0.996. The fourth-order valence-electron chi connectivity index (χ4n) is 0.585. The van der Waals surface area contributed by atoms with E-state index in [0.717, 1.165) is 0 Å². The number of carbonyl (C=O) groups is 2. The lowest BCUT2D eigenvalue weighted by molar-refractivity contribution is 0.0839. The van der Waals surface area contributed by atoms with Crippen molar-refractivity contribution in [1.82, 2.24) is 4.98 Å². The molecule has 1 N–H and O–H groups in total. The van der Waals surface area contributed by atoms with Crippen LogP contribution in [0.25, 0.3) is 0 Å². The van der Waals surface area contributed by atoms with E-state index in [2.05, 4.69) is 14.5 Å². The van der Waals surface area contributed by atoms with Crippen LogP contribution in [0.2, 0.25) is 0 Å². The van der Waals surface area contributed by atoms with Crippen molar-refractivity contribution in [2.45, 2.75) is 0 Å². The molecule has 0 aliphatic carbocycles. The molecule has 0 saturated carbocycles. The van der Waals surface area contributed by atoms with E-state index in [0.29, 0.717) is 0 Å². The van der Waals surface area contributed by atoms with Gasteiger partial charge in [0.1, 0.15) is 0 Å². The molecule has 0 spiro atoms. The monoisotopic (exact) mass is 183 g/mol. The lowest BCUT2D eigenvalue weighted by Crippen LogP contribution is -2.14. The number of carbonyl (C=O) groups excluding carboxylic acids is 1. The van der Waals surface area contributed by atoms with Crippen molar-refractivity contribution >= 4 is 12.3 Å². The third-order valence-corrected chi connectivity index (χ3v) is 0.996. The summed E-state index contributed by atoms with van der Waals surface area (Å²) in [7, 11) is 0. The Hall–Kier alpha value is -2.11. The molecule has 1 rings (SSSR count). The molecular formula is C7H5NO5. The quantitative estimate of drug-likeness (QED) is 0.521. The normalized spacial score (nSPS) is 8.92. The summed E-state index contributed by atoms with van der Waals surface area (Å²) < 4.78 is 8.04. The van der Waals surface area contributed by atoms with Gasteiger partial charge in [-0.1, -0.05) is 6.07 Å². The number of carboxylic acid groups (broad SMARTS) is 1. The lowest BCUT2D eigenvalue weighted by Gasteiger charge is -1.99. The topological polar surface area (TPSA) is 85.7 Å². The average Bonchev–Trinajstić information content (AvgIpc) is 2.04. The second-order valence-corrected chi connectivity index (χ2v) is 1.89. The summed E-state index contributed by atoms with van der Waals surface area (Å²) in [5.41, 5.74) is 0. The minimum absolute atomic E-state index is 0.0197. The standard InChI is InChI=1S/C7H5NO5/c9-6(10)13-7(11)12-5-3-1-2-4-8-5/h1-4H,(H,9,10). The number of ether oxygens (including phenoxy) is 2. The van der Waals surface area contributed by atoms with Gasteiger partial charge >= 0.3 is 12.3 Å². The summed E-state index contributed by atoms with van der Waals surface area (Å²) in [6.45, 7) is 0. The Morgan fingerprint density at radius 2 is 2.15 bits per heavy atom. The summed E-state index contributed by atoms with van der Waals surface area (Å²) >= 11 is 0. The molecule has 0 aromatic carbocycles. The maximum absolute atomic E-state index is 10.6. The van der Waals surface area contributed by atoms with Crippen LogP contribution in [-0.2, 0) is 4.74 Å². The summed E-state index contributed by atoms with van der Waals surface area (Å²) in [5, 5.41) is 8.02. The van der Waals surface area contributed by atoms with Crippen molar-refractivity contribution in [3.63, 3.8) is 0 Å². The molecule has 1 aromatic rings. The number of hydrogen-bond donors (Lipinski definition) is 1. The first-order valence-electron chi connectivity index (χ1n) is 3.22. The van der Waals surface area contributed by atoms with E-state index in [9.17, 15) is 9.59 Å². The maximum Gasteiger partial charge on any atom is 0.525 e. The highest BCUT2D eigenvalue weighted by Crippen LogP contribution is 2.03. The van der Waals surface area contributed by atoms with Gasteiger partial charge in [0.15, 0.2) is 0 Å². The van der Waals surface area contributed by atoms with Crippen molar-refractivity contribution < 1.29 is 24.2 Å². The maximum atomic E-state index is 10.6. The fraction of sp³-hybridized carbons (Fsp3) is 0. The molecule has 0 bridgehead atoms. The van der Waals surface area contributed by atoms with Gasteiger partial charge in [0.05, 0.1) is 0 Å². The zero-order chi connectivity index (χ0) is 9.68. The van der Waals surface area contributed by atoms with Crippen molar-refractivity contribution in [3.05, 3.63) is 24.4 Å². The molecule has 6 nitrogen and oxygen atoms in total. The Kier molecular flexibility index (Phi) is 2.80. The molecule has 0 amide bonds. The van der Waals surface area contributed by atoms with Crippen molar-refractivity contribution in [2.75, 3.05) is 0 Å². The second-order valence-electron chi connectivity index (χ2n) is 1.89. The van der Waals surface area contributed by atoms with Gasteiger partial charge in [0, 0.05) is 12.3 Å². The largest absolute Gasteiger partial charge is 0.525 e. The van der Waals surface area contributed by atoms with Gasteiger partial charge in [-0.2, -0.15) is 0 Å². The van der Waals surface area contributed by atoms with Crippen LogP contribution in [0.1, 0.15) is 0 Å². The number of aromatic nitrogens is 1. The third kappa shape index (κ3) is 3.19. The summed E-state index contributed by atoms with van der Waals surface area (Å²) in [6, 6.07) is 4.59. The first-order chi connectivity index (χ1) is 6.18. The zero-order valence-electron chi connectivity index (χ0n) is 6.34. The van der Waals surface area contributed by atoms with Crippen LogP contribution in [-0.4, -0.2) is 22.4 Å². The Labute approximate surface area is 72.7 Å². The van der Waals surface area contributed by atoms with Crippen molar-refractivity contribution in [2.24, 2.45) is 0 Å². The zero-order valence-corrected chi connectivity index (χ0v) is 6.34. The molecule has 6 heteroatoms.